The molecule has 1 amide bonds. The molecule has 1 aliphatic heterocycles. The maximum absolute atomic E-state index is 12.7. The number of sulfonamides is 1. The summed E-state index contributed by atoms with van der Waals surface area (Å²) in [6, 6.07) is 11.2. The molecule has 0 saturated heterocycles. The second kappa shape index (κ2) is 7.71. The summed E-state index contributed by atoms with van der Waals surface area (Å²) in [7, 11) is -3.78. The summed E-state index contributed by atoms with van der Waals surface area (Å²) in [6.45, 7) is 1.03. The van der Waals surface area contributed by atoms with E-state index in [-0.39, 0.29) is 16.7 Å². The minimum atomic E-state index is -3.78. The van der Waals surface area contributed by atoms with Gasteiger partial charge in [-0.05, 0) is 49.2 Å². The van der Waals surface area contributed by atoms with E-state index in [9.17, 15) is 13.2 Å². The molecule has 0 radical (unpaired) electrons. The van der Waals surface area contributed by atoms with Crippen LogP contribution in [0, 0.1) is 5.92 Å². The molecule has 1 saturated carbocycles. The molecule has 7 nitrogen and oxygen atoms in total. The van der Waals surface area contributed by atoms with E-state index >= 15 is 0 Å². The molecule has 1 heterocycles. The highest BCUT2D eigenvalue weighted by Crippen LogP contribution is 2.32. The number of hydrogen-bond donors (Lipinski definition) is 2. The van der Waals surface area contributed by atoms with Crippen molar-refractivity contribution in [2.24, 2.45) is 5.92 Å². The van der Waals surface area contributed by atoms with Gasteiger partial charge >= 0.3 is 0 Å². The van der Waals surface area contributed by atoms with Gasteiger partial charge in [0.1, 0.15) is 0 Å². The number of nitrogens with one attached hydrogen (secondary N) is 2. The maximum atomic E-state index is 12.7. The fraction of sp³-hybridized carbons (Fsp3) is 0.350. The zero-order valence-electron chi connectivity index (χ0n) is 15.3. The molecule has 2 aliphatic rings. The predicted octanol–water partition coefficient (Wildman–Crippen LogP) is 3.39. The smallest absolute Gasteiger partial charge is 0.262 e. The molecule has 0 aromatic heterocycles. The largest absolute Gasteiger partial charge is 0.490 e. The van der Waals surface area contributed by atoms with Gasteiger partial charge in [-0.2, -0.15) is 0 Å². The summed E-state index contributed by atoms with van der Waals surface area (Å²) in [4.78, 5) is 12.1. The number of amides is 1. The Kier molecular flexibility index (Phi) is 5.13. The molecule has 1 aliphatic carbocycles. The molecule has 28 heavy (non-hydrogen) atoms. The van der Waals surface area contributed by atoms with Crippen LogP contribution >= 0.6 is 0 Å². The van der Waals surface area contributed by atoms with Gasteiger partial charge in [0.15, 0.2) is 11.5 Å². The summed E-state index contributed by atoms with van der Waals surface area (Å²) < 4.78 is 39.0. The van der Waals surface area contributed by atoms with Crippen LogP contribution in [0.1, 0.15) is 25.7 Å². The van der Waals surface area contributed by atoms with E-state index in [0.29, 0.717) is 36.1 Å². The predicted molar refractivity (Wildman–Crippen MR) is 105 cm³/mol. The van der Waals surface area contributed by atoms with Crippen LogP contribution in [0.25, 0.3) is 0 Å². The van der Waals surface area contributed by atoms with Crippen LogP contribution in [0.15, 0.2) is 47.4 Å². The van der Waals surface area contributed by atoms with Crippen molar-refractivity contribution < 1.29 is 22.7 Å². The Labute approximate surface area is 164 Å². The number of anilines is 2. The third kappa shape index (κ3) is 4.06. The second-order valence-electron chi connectivity index (χ2n) is 6.96. The Bertz CT molecular complexity index is 969. The third-order valence-corrected chi connectivity index (χ3v) is 6.29. The number of hydrogen-bond acceptors (Lipinski definition) is 5. The lowest BCUT2D eigenvalue weighted by Gasteiger charge is -2.24. The number of rotatable bonds is 5. The monoisotopic (exact) mass is 402 g/mol. The van der Waals surface area contributed by atoms with Crippen LogP contribution in [0.3, 0.4) is 0 Å². The first-order valence-corrected chi connectivity index (χ1v) is 10.8. The fourth-order valence-corrected chi connectivity index (χ4v) is 4.13. The van der Waals surface area contributed by atoms with Gasteiger partial charge in [-0.1, -0.05) is 6.42 Å². The van der Waals surface area contributed by atoms with E-state index in [1.807, 2.05) is 0 Å². The van der Waals surface area contributed by atoms with Crippen LogP contribution in [0.4, 0.5) is 11.4 Å². The first-order valence-electron chi connectivity index (χ1n) is 9.35. The van der Waals surface area contributed by atoms with Crippen LogP contribution in [0.5, 0.6) is 11.5 Å². The number of ether oxygens (including phenoxy) is 2. The molecule has 1 fully saturated rings. The average molecular weight is 402 g/mol. The first-order chi connectivity index (χ1) is 13.5. The van der Waals surface area contributed by atoms with Crippen molar-refractivity contribution in [2.45, 2.75) is 30.6 Å². The maximum Gasteiger partial charge on any atom is 0.262 e. The van der Waals surface area contributed by atoms with Crippen molar-refractivity contribution in [3.05, 3.63) is 42.5 Å². The van der Waals surface area contributed by atoms with E-state index in [2.05, 4.69) is 10.0 Å². The van der Waals surface area contributed by atoms with Gasteiger partial charge in [-0.3, -0.25) is 9.52 Å². The van der Waals surface area contributed by atoms with Crippen LogP contribution in [-0.4, -0.2) is 27.5 Å². The fourth-order valence-electron chi connectivity index (χ4n) is 3.06. The minimum absolute atomic E-state index is 0.0202. The summed E-state index contributed by atoms with van der Waals surface area (Å²) in [5.74, 6) is 1.09. The first kappa shape index (κ1) is 18.6. The van der Waals surface area contributed by atoms with Crippen LogP contribution in [-0.2, 0) is 14.8 Å². The number of carbonyl (C=O) groups excluding carboxylic acids is 1. The molecule has 0 unspecified atom stereocenters. The van der Waals surface area contributed by atoms with Gasteiger partial charge < -0.3 is 14.8 Å². The number of benzene rings is 2. The van der Waals surface area contributed by atoms with Crippen LogP contribution in [0.2, 0.25) is 0 Å². The minimum Gasteiger partial charge on any atom is -0.490 e. The SMILES string of the molecule is O=C(Nc1ccc(NS(=O)(=O)c2ccc3c(c2)OCCCO3)cc1)C1CCC1. The zero-order valence-corrected chi connectivity index (χ0v) is 16.1. The molecule has 4 rings (SSSR count). The molecule has 0 bridgehead atoms. The highest BCUT2D eigenvalue weighted by molar-refractivity contribution is 7.92. The normalized spacial score (nSPS) is 16.6. The second-order valence-corrected chi connectivity index (χ2v) is 8.64. The summed E-state index contributed by atoms with van der Waals surface area (Å²) >= 11 is 0. The van der Waals surface area contributed by atoms with Crippen molar-refractivity contribution in [1.29, 1.82) is 0 Å². The van der Waals surface area contributed by atoms with E-state index in [1.54, 1.807) is 30.3 Å². The molecule has 8 heteroatoms. The summed E-state index contributed by atoms with van der Waals surface area (Å²) in [6.07, 6.45) is 3.70. The molecule has 2 aromatic rings. The van der Waals surface area contributed by atoms with Gasteiger partial charge in [0.05, 0.1) is 18.1 Å². The zero-order chi connectivity index (χ0) is 19.6. The lowest BCUT2D eigenvalue weighted by Crippen LogP contribution is -2.27. The van der Waals surface area contributed by atoms with Gasteiger partial charge in [-0.15, -0.1) is 0 Å². The molecule has 0 atom stereocenters. The van der Waals surface area contributed by atoms with Crippen LogP contribution < -0.4 is 19.5 Å². The quantitative estimate of drug-likeness (QED) is 0.800. The number of fused-ring (bicyclic) bond motifs is 1. The molecule has 0 spiro atoms. The van der Waals surface area contributed by atoms with E-state index in [4.69, 9.17) is 9.47 Å². The van der Waals surface area contributed by atoms with Crippen molar-refractivity contribution >= 4 is 27.3 Å². The van der Waals surface area contributed by atoms with Gasteiger partial charge in [-0.25, -0.2) is 8.42 Å². The molecular weight excluding hydrogens is 380 g/mol. The highest BCUT2D eigenvalue weighted by atomic mass is 32.2. The van der Waals surface area contributed by atoms with Crippen molar-refractivity contribution in [1.82, 2.24) is 0 Å². The van der Waals surface area contributed by atoms with Gasteiger partial charge in [0.25, 0.3) is 10.0 Å². The van der Waals surface area contributed by atoms with Gasteiger partial charge in [0.2, 0.25) is 5.91 Å². The average Bonchev–Trinajstić information content (AvgIpc) is 2.86. The Morgan fingerprint density at radius 3 is 2.25 bits per heavy atom. The Hall–Kier alpha value is -2.74. The topological polar surface area (TPSA) is 93.7 Å². The Morgan fingerprint density at radius 1 is 0.893 bits per heavy atom. The highest BCUT2D eigenvalue weighted by Gasteiger charge is 2.25. The summed E-state index contributed by atoms with van der Waals surface area (Å²) in [5.41, 5.74) is 1.06. The van der Waals surface area contributed by atoms with Crippen molar-refractivity contribution in [3.63, 3.8) is 0 Å². The Balaban J connectivity index is 1.45. The van der Waals surface area contributed by atoms with E-state index in [1.165, 1.54) is 12.1 Å². The standard InChI is InChI=1S/C20H22N2O5S/c23-20(14-3-1-4-14)21-15-5-7-16(8-6-15)22-28(24,25)17-9-10-18-19(13-17)27-12-2-11-26-18/h5-10,13-14,22H,1-4,11-12H2,(H,21,23). The lowest BCUT2D eigenvalue weighted by atomic mass is 9.85. The lowest BCUT2D eigenvalue weighted by molar-refractivity contribution is -0.122. The van der Waals surface area contributed by atoms with E-state index < -0.39 is 10.0 Å². The molecular formula is C20H22N2O5S. The third-order valence-electron chi connectivity index (χ3n) is 4.91. The van der Waals surface area contributed by atoms with E-state index in [0.717, 1.165) is 25.7 Å². The molecule has 148 valence electrons. The summed E-state index contributed by atoms with van der Waals surface area (Å²) in [5, 5.41) is 2.86. The van der Waals surface area contributed by atoms with Crippen molar-refractivity contribution in [2.75, 3.05) is 23.3 Å². The number of carbonyl (C=O) groups is 1. The Morgan fingerprint density at radius 2 is 1.57 bits per heavy atom. The molecule has 2 aromatic carbocycles. The van der Waals surface area contributed by atoms with Gasteiger partial charge in [0, 0.05) is 29.8 Å². The van der Waals surface area contributed by atoms with Crippen molar-refractivity contribution in [3.8, 4) is 11.5 Å². The molecule has 2 N–H and O–H groups in total.